The zero-order chi connectivity index (χ0) is 16.1. The maximum Gasteiger partial charge on any atom is 0.257 e. The number of nitrogens with zero attached hydrogens (tertiary/aromatic N) is 1. The van der Waals surface area contributed by atoms with Crippen molar-refractivity contribution in [3.05, 3.63) is 46.2 Å². The lowest BCUT2D eigenvalue weighted by Gasteiger charge is -2.23. The van der Waals surface area contributed by atoms with Crippen molar-refractivity contribution in [2.24, 2.45) is 5.10 Å². The van der Waals surface area contributed by atoms with Crippen LogP contribution in [0, 0.1) is 0 Å². The molecular weight excluding hydrogens is 308 g/mol. The number of hydrogen-bond donors (Lipinski definition) is 3. The standard InChI is InChI=1S/C17H20N4OS/c22-16-13(10-12-6-4-5-9-15(12)20-16)11-18-21-17(23)19-14-7-2-1-3-8-14/h4-6,9-11,14H,1-3,7-8H2,(H,20,22)(H2,19,21,23)/b18-11+. The zero-order valence-corrected chi connectivity index (χ0v) is 13.7. The van der Waals surface area contributed by atoms with Crippen LogP contribution < -0.4 is 16.3 Å². The molecule has 0 atom stereocenters. The summed E-state index contributed by atoms with van der Waals surface area (Å²) in [6, 6.07) is 9.90. The van der Waals surface area contributed by atoms with Crippen LogP contribution in [-0.2, 0) is 0 Å². The van der Waals surface area contributed by atoms with E-state index in [1.54, 1.807) is 0 Å². The Labute approximate surface area is 140 Å². The van der Waals surface area contributed by atoms with Gasteiger partial charge in [0.2, 0.25) is 0 Å². The van der Waals surface area contributed by atoms with Crippen LogP contribution in [0.2, 0.25) is 0 Å². The molecule has 5 nitrogen and oxygen atoms in total. The normalized spacial score (nSPS) is 15.8. The lowest BCUT2D eigenvalue weighted by molar-refractivity contribution is 0.412. The molecule has 3 rings (SSSR count). The number of nitrogens with one attached hydrogen (secondary N) is 3. The van der Waals surface area contributed by atoms with E-state index in [0.29, 0.717) is 16.7 Å². The summed E-state index contributed by atoms with van der Waals surface area (Å²) < 4.78 is 0. The molecule has 1 saturated carbocycles. The van der Waals surface area contributed by atoms with E-state index in [-0.39, 0.29) is 5.56 Å². The number of pyridine rings is 1. The number of aromatic nitrogens is 1. The van der Waals surface area contributed by atoms with Crippen LogP contribution in [0.1, 0.15) is 37.7 Å². The van der Waals surface area contributed by atoms with Crippen LogP contribution in [-0.4, -0.2) is 22.4 Å². The van der Waals surface area contributed by atoms with Gasteiger partial charge >= 0.3 is 0 Å². The van der Waals surface area contributed by atoms with Gasteiger partial charge in [-0.1, -0.05) is 37.5 Å². The number of fused-ring (bicyclic) bond motifs is 1. The molecule has 2 aromatic rings. The first-order chi connectivity index (χ1) is 11.2. The van der Waals surface area contributed by atoms with E-state index in [2.05, 4.69) is 20.8 Å². The third-order valence-electron chi connectivity index (χ3n) is 4.09. The molecule has 1 aliphatic carbocycles. The predicted octanol–water partition coefficient (Wildman–Crippen LogP) is 2.66. The first kappa shape index (κ1) is 15.7. The minimum absolute atomic E-state index is 0.166. The molecule has 0 unspecified atom stereocenters. The molecule has 1 heterocycles. The average molecular weight is 328 g/mol. The van der Waals surface area contributed by atoms with Crippen LogP contribution in [0.3, 0.4) is 0 Å². The molecule has 120 valence electrons. The number of H-pyrrole nitrogens is 1. The van der Waals surface area contributed by atoms with Crippen LogP contribution >= 0.6 is 12.2 Å². The highest BCUT2D eigenvalue weighted by atomic mass is 32.1. The molecule has 0 saturated heterocycles. The summed E-state index contributed by atoms with van der Waals surface area (Å²) in [6.07, 6.45) is 7.60. The van der Waals surface area contributed by atoms with Crippen molar-refractivity contribution in [1.82, 2.24) is 15.7 Å². The monoisotopic (exact) mass is 328 g/mol. The Morgan fingerprint density at radius 1 is 1.26 bits per heavy atom. The van der Waals surface area contributed by atoms with Crippen LogP contribution in [0.5, 0.6) is 0 Å². The van der Waals surface area contributed by atoms with Crippen molar-refractivity contribution in [3.63, 3.8) is 0 Å². The quantitative estimate of drug-likeness (QED) is 0.460. The van der Waals surface area contributed by atoms with Gasteiger partial charge in [0.15, 0.2) is 5.11 Å². The van der Waals surface area contributed by atoms with E-state index in [1.807, 2.05) is 30.3 Å². The highest BCUT2D eigenvalue weighted by Crippen LogP contribution is 2.17. The Hall–Kier alpha value is -2.21. The fourth-order valence-electron chi connectivity index (χ4n) is 2.89. The zero-order valence-electron chi connectivity index (χ0n) is 12.8. The molecule has 1 aromatic heterocycles. The highest BCUT2D eigenvalue weighted by molar-refractivity contribution is 7.80. The Balaban J connectivity index is 1.62. The van der Waals surface area contributed by atoms with Gasteiger partial charge in [0.25, 0.3) is 5.56 Å². The molecule has 0 aliphatic heterocycles. The Bertz CT molecular complexity index is 778. The van der Waals surface area contributed by atoms with Crippen molar-refractivity contribution in [2.75, 3.05) is 0 Å². The van der Waals surface area contributed by atoms with Gasteiger partial charge in [-0.25, -0.2) is 0 Å². The second-order valence-electron chi connectivity index (χ2n) is 5.82. The van der Waals surface area contributed by atoms with E-state index in [4.69, 9.17) is 12.2 Å². The molecule has 6 heteroatoms. The van der Waals surface area contributed by atoms with Crippen LogP contribution in [0.4, 0.5) is 0 Å². The molecule has 1 aliphatic rings. The second-order valence-corrected chi connectivity index (χ2v) is 6.23. The molecule has 0 bridgehead atoms. The summed E-state index contributed by atoms with van der Waals surface area (Å²) in [7, 11) is 0. The highest BCUT2D eigenvalue weighted by Gasteiger charge is 2.13. The van der Waals surface area contributed by atoms with Crippen molar-refractivity contribution in [2.45, 2.75) is 38.1 Å². The number of hydrazone groups is 1. The number of rotatable bonds is 3. The van der Waals surface area contributed by atoms with Gasteiger partial charge in [-0.2, -0.15) is 5.10 Å². The van der Waals surface area contributed by atoms with Gasteiger partial charge in [0.1, 0.15) is 0 Å². The molecule has 0 radical (unpaired) electrons. The Kier molecular flexibility index (Phi) is 5.02. The Morgan fingerprint density at radius 3 is 2.87 bits per heavy atom. The smallest absolute Gasteiger partial charge is 0.257 e. The lowest BCUT2D eigenvalue weighted by Crippen LogP contribution is -2.40. The summed E-state index contributed by atoms with van der Waals surface area (Å²) in [5.41, 5.74) is 3.94. The summed E-state index contributed by atoms with van der Waals surface area (Å²) in [5.74, 6) is 0. The van der Waals surface area contributed by atoms with Gasteiger partial charge in [0, 0.05) is 11.6 Å². The van der Waals surface area contributed by atoms with Crippen molar-refractivity contribution >= 4 is 34.4 Å². The summed E-state index contributed by atoms with van der Waals surface area (Å²) in [5, 5.41) is 8.82. The molecule has 3 N–H and O–H groups in total. The maximum atomic E-state index is 12.0. The molecule has 0 spiro atoms. The fraction of sp³-hybridized carbons (Fsp3) is 0.353. The van der Waals surface area contributed by atoms with E-state index in [9.17, 15) is 4.79 Å². The molecule has 23 heavy (non-hydrogen) atoms. The third kappa shape index (κ3) is 4.16. The minimum atomic E-state index is -0.166. The number of para-hydroxylation sites is 1. The van der Waals surface area contributed by atoms with Gasteiger partial charge in [-0.3, -0.25) is 10.2 Å². The minimum Gasteiger partial charge on any atom is -0.359 e. The molecule has 1 fully saturated rings. The topological polar surface area (TPSA) is 69.3 Å². The van der Waals surface area contributed by atoms with Crippen molar-refractivity contribution < 1.29 is 0 Å². The fourth-order valence-corrected chi connectivity index (χ4v) is 3.10. The molecule has 1 aromatic carbocycles. The van der Waals surface area contributed by atoms with Crippen LogP contribution in [0.15, 0.2) is 40.2 Å². The first-order valence-corrected chi connectivity index (χ1v) is 8.35. The van der Waals surface area contributed by atoms with E-state index in [1.165, 1.54) is 25.5 Å². The third-order valence-corrected chi connectivity index (χ3v) is 4.30. The first-order valence-electron chi connectivity index (χ1n) is 7.94. The molecular formula is C17H20N4OS. The van der Waals surface area contributed by atoms with Gasteiger partial charge in [0.05, 0.1) is 11.8 Å². The number of hydrogen-bond acceptors (Lipinski definition) is 3. The van der Waals surface area contributed by atoms with Gasteiger partial charge < -0.3 is 10.3 Å². The summed E-state index contributed by atoms with van der Waals surface area (Å²) in [6.45, 7) is 0. The van der Waals surface area contributed by atoms with E-state index < -0.39 is 0 Å². The van der Waals surface area contributed by atoms with Crippen molar-refractivity contribution in [3.8, 4) is 0 Å². The molecule has 0 amide bonds. The Morgan fingerprint density at radius 2 is 2.04 bits per heavy atom. The van der Waals surface area contributed by atoms with E-state index >= 15 is 0 Å². The maximum absolute atomic E-state index is 12.0. The summed E-state index contributed by atoms with van der Waals surface area (Å²) >= 11 is 5.24. The van der Waals surface area contributed by atoms with Gasteiger partial charge in [-0.05, 0) is 42.6 Å². The largest absolute Gasteiger partial charge is 0.359 e. The van der Waals surface area contributed by atoms with Crippen LogP contribution in [0.25, 0.3) is 10.9 Å². The number of aromatic amines is 1. The number of benzene rings is 1. The second kappa shape index (κ2) is 7.37. The summed E-state index contributed by atoms with van der Waals surface area (Å²) in [4.78, 5) is 14.8. The van der Waals surface area contributed by atoms with E-state index in [0.717, 1.165) is 23.7 Å². The SMILES string of the molecule is O=c1[nH]c2ccccc2cc1/C=N/NC(=S)NC1CCCCC1. The lowest BCUT2D eigenvalue weighted by atomic mass is 9.96. The van der Waals surface area contributed by atoms with Crippen molar-refractivity contribution in [1.29, 1.82) is 0 Å². The average Bonchev–Trinajstić information content (AvgIpc) is 2.56. The van der Waals surface area contributed by atoms with Gasteiger partial charge in [-0.15, -0.1) is 0 Å². The number of thiocarbonyl (C=S) groups is 1. The predicted molar refractivity (Wildman–Crippen MR) is 97.9 cm³/mol.